The van der Waals surface area contributed by atoms with Crippen LogP contribution in [-0.4, -0.2) is 19.3 Å². The minimum absolute atomic E-state index is 0.423. The highest BCUT2D eigenvalue weighted by Crippen LogP contribution is 2.24. The van der Waals surface area contributed by atoms with Gasteiger partial charge in [0, 0.05) is 19.2 Å². The van der Waals surface area contributed by atoms with E-state index in [0.29, 0.717) is 18.2 Å². The van der Waals surface area contributed by atoms with Crippen LogP contribution in [0.2, 0.25) is 0 Å². The van der Waals surface area contributed by atoms with Gasteiger partial charge in [0.1, 0.15) is 0 Å². The van der Waals surface area contributed by atoms with E-state index in [9.17, 15) is 0 Å². The molecule has 0 aliphatic heterocycles. The van der Waals surface area contributed by atoms with Gasteiger partial charge in [0.15, 0.2) is 0 Å². The summed E-state index contributed by atoms with van der Waals surface area (Å²) in [4.78, 5) is 0. The number of rotatable bonds is 4. The lowest BCUT2D eigenvalue weighted by Gasteiger charge is -2.31. The number of hydrogen-bond donors (Lipinski definition) is 1. The van der Waals surface area contributed by atoms with Crippen LogP contribution in [0, 0.1) is 6.92 Å². The Kier molecular flexibility index (Phi) is 4.79. The number of benzene rings is 1. The molecule has 0 bridgehead atoms. The Morgan fingerprint density at radius 3 is 2.78 bits per heavy atom. The fourth-order valence-corrected chi connectivity index (χ4v) is 3.03. The van der Waals surface area contributed by atoms with Crippen LogP contribution >= 0.6 is 0 Å². The summed E-state index contributed by atoms with van der Waals surface area (Å²) in [5.74, 6) is 0. The Morgan fingerprint density at radius 2 is 2.06 bits per heavy atom. The van der Waals surface area contributed by atoms with E-state index < -0.39 is 0 Å². The van der Waals surface area contributed by atoms with Crippen molar-refractivity contribution < 1.29 is 4.74 Å². The summed E-state index contributed by atoms with van der Waals surface area (Å²) in [5, 5.41) is 3.76. The fraction of sp³-hybridized carbons (Fsp3) is 0.625. The smallest absolute Gasteiger partial charge is 0.0586 e. The molecule has 2 heteroatoms. The normalized spacial score (nSPS) is 25.9. The van der Waals surface area contributed by atoms with Gasteiger partial charge in [-0.3, -0.25) is 0 Å². The molecule has 1 N–H and O–H groups in total. The van der Waals surface area contributed by atoms with Crippen molar-refractivity contribution in [3.63, 3.8) is 0 Å². The first-order chi connectivity index (χ1) is 8.70. The molecule has 1 aromatic carbocycles. The molecular weight excluding hydrogens is 222 g/mol. The Bertz CT molecular complexity index is 377. The average molecular weight is 247 g/mol. The molecule has 0 amide bonds. The van der Waals surface area contributed by atoms with E-state index in [1.165, 1.54) is 30.4 Å². The van der Waals surface area contributed by atoms with Crippen LogP contribution in [0.15, 0.2) is 24.3 Å². The van der Waals surface area contributed by atoms with Gasteiger partial charge in [-0.2, -0.15) is 0 Å². The van der Waals surface area contributed by atoms with Crippen molar-refractivity contribution in [2.24, 2.45) is 0 Å². The van der Waals surface area contributed by atoms with Gasteiger partial charge in [0.2, 0.25) is 0 Å². The molecule has 3 unspecified atom stereocenters. The highest BCUT2D eigenvalue weighted by Gasteiger charge is 2.23. The van der Waals surface area contributed by atoms with Crippen molar-refractivity contribution in [2.75, 3.05) is 7.11 Å². The molecule has 100 valence electrons. The maximum Gasteiger partial charge on any atom is 0.0586 e. The topological polar surface area (TPSA) is 21.3 Å². The number of hydrogen-bond acceptors (Lipinski definition) is 2. The third-order valence-corrected chi connectivity index (χ3v) is 4.10. The van der Waals surface area contributed by atoms with E-state index in [0.717, 1.165) is 6.42 Å². The van der Waals surface area contributed by atoms with Crippen LogP contribution in [0.5, 0.6) is 0 Å². The molecule has 3 atom stereocenters. The number of methoxy groups -OCH3 is 1. The van der Waals surface area contributed by atoms with Crippen molar-refractivity contribution in [1.82, 2.24) is 5.32 Å². The summed E-state index contributed by atoms with van der Waals surface area (Å²) in [6.07, 6.45) is 5.35. The van der Waals surface area contributed by atoms with E-state index in [1.54, 1.807) is 0 Å². The predicted octanol–water partition coefficient (Wildman–Crippen LogP) is 3.60. The molecule has 1 aromatic rings. The zero-order valence-electron chi connectivity index (χ0n) is 11.8. The van der Waals surface area contributed by atoms with Gasteiger partial charge >= 0.3 is 0 Å². The van der Waals surface area contributed by atoms with E-state index in [2.05, 4.69) is 43.4 Å². The van der Waals surface area contributed by atoms with Gasteiger partial charge in [-0.25, -0.2) is 0 Å². The molecule has 0 saturated heterocycles. The van der Waals surface area contributed by atoms with Gasteiger partial charge in [0.05, 0.1) is 6.10 Å². The van der Waals surface area contributed by atoms with E-state index in [-0.39, 0.29) is 0 Å². The lowest BCUT2D eigenvalue weighted by atomic mass is 9.91. The molecule has 0 spiro atoms. The van der Waals surface area contributed by atoms with Crippen molar-refractivity contribution in [2.45, 2.75) is 57.7 Å². The second-order valence-corrected chi connectivity index (χ2v) is 5.47. The van der Waals surface area contributed by atoms with Crippen LogP contribution in [0.1, 0.15) is 49.8 Å². The Labute approximate surface area is 111 Å². The summed E-state index contributed by atoms with van der Waals surface area (Å²) in [7, 11) is 1.83. The van der Waals surface area contributed by atoms with Crippen molar-refractivity contribution in [1.29, 1.82) is 0 Å². The second-order valence-electron chi connectivity index (χ2n) is 5.47. The predicted molar refractivity (Wildman–Crippen MR) is 75.8 cm³/mol. The Morgan fingerprint density at radius 1 is 1.28 bits per heavy atom. The maximum atomic E-state index is 5.49. The standard InChI is InChI=1S/C16H25NO/c1-12-7-4-5-10-16(12)13(2)17-14-8-6-9-15(11-14)18-3/h4-5,7,10,13-15,17H,6,8-9,11H2,1-3H3. The molecule has 18 heavy (non-hydrogen) atoms. The van der Waals surface area contributed by atoms with E-state index in [1.807, 2.05) is 7.11 Å². The molecular formula is C16H25NO. The number of nitrogens with one attached hydrogen (secondary N) is 1. The summed E-state index contributed by atoms with van der Waals surface area (Å²) in [6, 6.07) is 9.66. The summed E-state index contributed by atoms with van der Waals surface area (Å²) >= 11 is 0. The first kappa shape index (κ1) is 13.6. The van der Waals surface area contributed by atoms with Crippen LogP contribution in [-0.2, 0) is 4.74 Å². The molecule has 0 aromatic heterocycles. The second kappa shape index (κ2) is 6.35. The fourth-order valence-electron chi connectivity index (χ4n) is 3.03. The number of aryl methyl sites for hydroxylation is 1. The zero-order valence-corrected chi connectivity index (χ0v) is 11.8. The van der Waals surface area contributed by atoms with Gasteiger partial charge in [0.25, 0.3) is 0 Å². The molecule has 1 saturated carbocycles. The zero-order chi connectivity index (χ0) is 13.0. The minimum atomic E-state index is 0.423. The van der Waals surface area contributed by atoms with Gasteiger partial charge < -0.3 is 10.1 Å². The van der Waals surface area contributed by atoms with Crippen molar-refractivity contribution >= 4 is 0 Å². The van der Waals surface area contributed by atoms with Crippen molar-refractivity contribution in [3.05, 3.63) is 35.4 Å². The van der Waals surface area contributed by atoms with E-state index >= 15 is 0 Å². The summed E-state index contributed by atoms with van der Waals surface area (Å²) < 4.78 is 5.49. The van der Waals surface area contributed by atoms with Gasteiger partial charge in [-0.05, 0) is 50.7 Å². The lowest BCUT2D eigenvalue weighted by molar-refractivity contribution is 0.0572. The highest BCUT2D eigenvalue weighted by molar-refractivity contribution is 5.28. The lowest BCUT2D eigenvalue weighted by Crippen LogP contribution is -2.38. The molecule has 1 aliphatic carbocycles. The first-order valence-corrected chi connectivity index (χ1v) is 7.05. The third-order valence-electron chi connectivity index (χ3n) is 4.10. The Hall–Kier alpha value is -0.860. The minimum Gasteiger partial charge on any atom is -0.381 e. The van der Waals surface area contributed by atoms with Crippen LogP contribution < -0.4 is 5.32 Å². The molecule has 2 rings (SSSR count). The van der Waals surface area contributed by atoms with Crippen LogP contribution in [0.4, 0.5) is 0 Å². The average Bonchev–Trinajstić information content (AvgIpc) is 2.39. The highest BCUT2D eigenvalue weighted by atomic mass is 16.5. The van der Waals surface area contributed by atoms with Crippen molar-refractivity contribution in [3.8, 4) is 0 Å². The Balaban J connectivity index is 1.95. The summed E-state index contributed by atoms with van der Waals surface area (Å²) in [6.45, 7) is 4.45. The van der Waals surface area contributed by atoms with Crippen LogP contribution in [0.25, 0.3) is 0 Å². The summed E-state index contributed by atoms with van der Waals surface area (Å²) in [5.41, 5.74) is 2.79. The molecule has 0 radical (unpaired) electrons. The number of ether oxygens (including phenoxy) is 1. The maximum absolute atomic E-state index is 5.49. The monoisotopic (exact) mass is 247 g/mol. The SMILES string of the molecule is COC1CCCC(NC(C)c2ccccc2C)C1. The van der Waals surface area contributed by atoms with E-state index in [4.69, 9.17) is 4.74 Å². The van der Waals surface area contributed by atoms with Gasteiger partial charge in [-0.15, -0.1) is 0 Å². The largest absolute Gasteiger partial charge is 0.381 e. The molecule has 1 aliphatic rings. The first-order valence-electron chi connectivity index (χ1n) is 7.05. The quantitative estimate of drug-likeness (QED) is 0.877. The van der Waals surface area contributed by atoms with Gasteiger partial charge in [-0.1, -0.05) is 24.3 Å². The third kappa shape index (κ3) is 3.33. The molecule has 2 nitrogen and oxygen atoms in total. The molecule has 1 fully saturated rings. The molecule has 0 heterocycles. The van der Waals surface area contributed by atoms with Crippen LogP contribution in [0.3, 0.4) is 0 Å².